The molecule has 0 spiro atoms. The maximum Gasteiger partial charge on any atom is 0.253 e. The van der Waals surface area contributed by atoms with Gasteiger partial charge in [0.1, 0.15) is 0 Å². The van der Waals surface area contributed by atoms with Crippen LogP contribution in [0.15, 0.2) is 24.3 Å². The topological polar surface area (TPSA) is 84.7 Å². The van der Waals surface area contributed by atoms with Gasteiger partial charge in [0.15, 0.2) is 0 Å². The second kappa shape index (κ2) is 10.3. The number of hydrogen-bond donors (Lipinski definition) is 2. The SMILES string of the molecule is CCCN(CCC)C(=O)c1ccc(NC(=O)C(N)C2CCOCC2)cc1. The summed E-state index contributed by atoms with van der Waals surface area (Å²) >= 11 is 0. The number of hydrogen-bond acceptors (Lipinski definition) is 4. The molecule has 1 aliphatic rings. The molecule has 0 bridgehead atoms. The van der Waals surface area contributed by atoms with Crippen molar-refractivity contribution in [2.24, 2.45) is 11.7 Å². The van der Waals surface area contributed by atoms with E-state index >= 15 is 0 Å². The van der Waals surface area contributed by atoms with E-state index in [1.54, 1.807) is 24.3 Å². The number of carbonyl (C=O) groups excluding carboxylic acids is 2. The van der Waals surface area contributed by atoms with Crippen LogP contribution in [-0.2, 0) is 9.53 Å². The third kappa shape index (κ3) is 5.54. The number of rotatable bonds is 8. The van der Waals surface area contributed by atoms with Gasteiger partial charge in [0.25, 0.3) is 5.91 Å². The number of anilines is 1. The summed E-state index contributed by atoms with van der Waals surface area (Å²) < 4.78 is 5.31. The van der Waals surface area contributed by atoms with Crippen LogP contribution < -0.4 is 11.1 Å². The number of benzene rings is 1. The number of nitrogens with two attached hydrogens (primary N) is 1. The maximum absolute atomic E-state index is 12.6. The van der Waals surface area contributed by atoms with E-state index in [0.717, 1.165) is 38.8 Å². The van der Waals surface area contributed by atoms with Crippen LogP contribution in [0.25, 0.3) is 0 Å². The van der Waals surface area contributed by atoms with Crippen LogP contribution in [0, 0.1) is 5.92 Å². The minimum Gasteiger partial charge on any atom is -0.381 e. The minimum atomic E-state index is -0.537. The molecule has 1 aromatic carbocycles. The molecular formula is C20H31N3O3. The lowest BCUT2D eigenvalue weighted by Crippen LogP contribution is -2.44. The van der Waals surface area contributed by atoms with Gasteiger partial charge in [-0.3, -0.25) is 9.59 Å². The first-order valence-corrected chi connectivity index (χ1v) is 9.60. The Morgan fingerprint density at radius 2 is 1.73 bits per heavy atom. The van der Waals surface area contributed by atoms with E-state index in [4.69, 9.17) is 10.5 Å². The summed E-state index contributed by atoms with van der Waals surface area (Å²) in [5.41, 5.74) is 7.39. The summed E-state index contributed by atoms with van der Waals surface area (Å²) in [7, 11) is 0. The van der Waals surface area contributed by atoms with E-state index in [9.17, 15) is 9.59 Å². The van der Waals surface area contributed by atoms with Gasteiger partial charge in [0.05, 0.1) is 6.04 Å². The van der Waals surface area contributed by atoms with Crippen LogP contribution in [0.3, 0.4) is 0 Å². The number of ether oxygens (including phenoxy) is 1. The molecule has 0 aromatic heterocycles. The Morgan fingerprint density at radius 3 is 2.27 bits per heavy atom. The third-order valence-corrected chi connectivity index (χ3v) is 4.75. The highest BCUT2D eigenvalue weighted by atomic mass is 16.5. The summed E-state index contributed by atoms with van der Waals surface area (Å²) in [5, 5.41) is 2.86. The van der Waals surface area contributed by atoms with E-state index in [-0.39, 0.29) is 17.7 Å². The average molecular weight is 361 g/mol. The van der Waals surface area contributed by atoms with Crippen molar-refractivity contribution in [3.8, 4) is 0 Å². The Bertz CT molecular complexity index is 576. The van der Waals surface area contributed by atoms with Crippen LogP contribution in [0.1, 0.15) is 49.9 Å². The second-order valence-corrected chi connectivity index (χ2v) is 6.83. The zero-order valence-electron chi connectivity index (χ0n) is 15.9. The Balaban J connectivity index is 1.95. The zero-order valence-corrected chi connectivity index (χ0v) is 15.9. The lowest BCUT2D eigenvalue weighted by Gasteiger charge is -2.26. The monoisotopic (exact) mass is 361 g/mol. The molecule has 2 rings (SSSR count). The summed E-state index contributed by atoms with van der Waals surface area (Å²) in [6, 6.07) is 6.51. The fourth-order valence-corrected chi connectivity index (χ4v) is 3.25. The number of amides is 2. The lowest BCUT2D eigenvalue weighted by atomic mass is 9.92. The lowest BCUT2D eigenvalue weighted by molar-refractivity contribution is -0.119. The van der Waals surface area contributed by atoms with Crippen LogP contribution in [0.5, 0.6) is 0 Å². The standard InChI is InChI=1S/C20H31N3O3/c1-3-11-23(12-4-2)20(25)16-5-7-17(8-6-16)22-19(24)18(21)15-9-13-26-14-10-15/h5-8,15,18H,3-4,9-14,21H2,1-2H3,(H,22,24). The van der Waals surface area contributed by atoms with Crippen LogP contribution in [0.2, 0.25) is 0 Å². The normalized spacial score (nSPS) is 16.1. The predicted molar refractivity (Wildman–Crippen MR) is 103 cm³/mol. The zero-order chi connectivity index (χ0) is 18.9. The van der Waals surface area contributed by atoms with Gasteiger partial charge in [-0.25, -0.2) is 0 Å². The van der Waals surface area contributed by atoms with Gasteiger partial charge in [-0.05, 0) is 55.9 Å². The Labute approximate surface area is 156 Å². The van der Waals surface area contributed by atoms with Gasteiger partial charge in [-0.15, -0.1) is 0 Å². The van der Waals surface area contributed by atoms with Crippen molar-refractivity contribution >= 4 is 17.5 Å². The van der Waals surface area contributed by atoms with Crippen molar-refractivity contribution in [2.45, 2.75) is 45.6 Å². The summed E-state index contributed by atoms with van der Waals surface area (Å²) in [5.74, 6) is 0.00120. The molecule has 1 atom stereocenters. The molecule has 3 N–H and O–H groups in total. The molecule has 6 heteroatoms. The van der Waals surface area contributed by atoms with E-state index in [1.165, 1.54) is 0 Å². The highest BCUT2D eigenvalue weighted by Crippen LogP contribution is 2.19. The molecule has 1 aromatic rings. The van der Waals surface area contributed by atoms with Crippen LogP contribution >= 0.6 is 0 Å². The van der Waals surface area contributed by atoms with E-state index in [1.807, 2.05) is 4.90 Å². The Morgan fingerprint density at radius 1 is 1.15 bits per heavy atom. The first kappa shape index (κ1) is 20.4. The maximum atomic E-state index is 12.6. The fraction of sp³-hybridized carbons (Fsp3) is 0.600. The van der Waals surface area contributed by atoms with Crippen molar-refractivity contribution in [2.75, 3.05) is 31.6 Å². The molecule has 1 fully saturated rings. The van der Waals surface area contributed by atoms with Crippen molar-refractivity contribution < 1.29 is 14.3 Å². The van der Waals surface area contributed by atoms with E-state index in [2.05, 4.69) is 19.2 Å². The van der Waals surface area contributed by atoms with Crippen molar-refractivity contribution in [3.63, 3.8) is 0 Å². The number of nitrogens with one attached hydrogen (secondary N) is 1. The van der Waals surface area contributed by atoms with Gasteiger partial charge < -0.3 is 20.7 Å². The Hall–Kier alpha value is -1.92. The van der Waals surface area contributed by atoms with E-state index < -0.39 is 6.04 Å². The van der Waals surface area contributed by atoms with Gasteiger partial charge in [-0.1, -0.05) is 13.8 Å². The minimum absolute atomic E-state index is 0.0329. The van der Waals surface area contributed by atoms with Gasteiger partial charge in [0, 0.05) is 37.6 Å². The van der Waals surface area contributed by atoms with Gasteiger partial charge >= 0.3 is 0 Å². The molecular weight excluding hydrogens is 330 g/mol. The molecule has 26 heavy (non-hydrogen) atoms. The first-order chi connectivity index (χ1) is 12.6. The first-order valence-electron chi connectivity index (χ1n) is 9.60. The van der Waals surface area contributed by atoms with Crippen molar-refractivity contribution in [1.29, 1.82) is 0 Å². The third-order valence-electron chi connectivity index (χ3n) is 4.75. The Kier molecular flexibility index (Phi) is 8.06. The average Bonchev–Trinajstić information content (AvgIpc) is 2.68. The molecule has 1 aliphatic heterocycles. The molecule has 0 aliphatic carbocycles. The highest BCUT2D eigenvalue weighted by Gasteiger charge is 2.26. The molecule has 0 radical (unpaired) electrons. The molecule has 1 unspecified atom stereocenters. The summed E-state index contributed by atoms with van der Waals surface area (Å²) in [4.78, 5) is 26.8. The van der Waals surface area contributed by atoms with Crippen molar-refractivity contribution in [1.82, 2.24) is 4.90 Å². The molecule has 144 valence electrons. The fourth-order valence-electron chi connectivity index (χ4n) is 3.25. The molecule has 1 heterocycles. The van der Waals surface area contributed by atoms with E-state index in [0.29, 0.717) is 24.5 Å². The highest BCUT2D eigenvalue weighted by molar-refractivity contribution is 5.97. The smallest absolute Gasteiger partial charge is 0.253 e. The second-order valence-electron chi connectivity index (χ2n) is 6.83. The molecule has 0 saturated carbocycles. The quantitative estimate of drug-likeness (QED) is 0.745. The van der Waals surface area contributed by atoms with Gasteiger partial charge in [0.2, 0.25) is 5.91 Å². The number of carbonyl (C=O) groups is 2. The summed E-state index contributed by atoms with van der Waals surface area (Å²) in [6.07, 6.45) is 3.49. The van der Waals surface area contributed by atoms with Crippen LogP contribution in [-0.4, -0.2) is 49.1 Å². The van der Waals surface area contributed by atoms with Gasteiger partial charge in [-0.2, -0.15) is 0 Å². The largest absolute Gasteiger partial charge is 0.381 e. The molecule has 6 nitrogen and oxygen atoms in total. The van der Waals surface area contributed by atoms with Crippen LogP contribution in [0.4, 0.5) is 5.69 Å². The predicted octanol–water partition coefficient (Wildman–Crippen LogP) is 2.64. The number of nitrogens with zero attached hydrogens (tertiary/aromatic N) is 1. The molecule has 1 saturated heterocycles. The summed E-state index contributed by atoms with van der Waals surface area (Å²) in [6.45, 7) is 6.96. The molecule has 2 amide bonds. The van der Waals surface area contributed by atoms with Crippen molar-refractivity contribution in [3.05, 3.63) is 29.8 Å².